The molecule has 5 nitrogen and oxygen atoms in total. The van der Waals surface area contributed by atoms with E-state index in [1.165, 1.54) is 5.56 Å². The van der Waals surface area contributed by atoms with E-state index in [-0.39, 0.29) is 29.5 Å². The molecule has 0 fully saturated rings. The van der Waals surface area contributed by atoms with Crippen LogP contribution in [0.25, 0.3) is 0 Å². The Morgan fingerprint density at radius 1 is 1.14 bits per heavy atom. The maximum absolute atomic E-state index is 5.53. The Bertz CT molecular complexity index is 442. The first-order valence-corrected chi connectivity index (χ1v) is 7.14. The third-order valence-corrected chi connectivity index (χ3v) is 2.66. The molecule has 6 heteroatoms. The van der Waals surface area contributed by atoms with Crippen molar-refractivity contribution in [3.05, 3.63) is 29.8 Å². The highest BCUT2D eigenvalue weighted by Crippen LogP contribution is 2.12. The topological polar surface area (TPSA) is 54.9 Å². The van der Waals surface area contributed by atoms with Crippen molar-refractivity contribution in [1.29, 1.82) is 0 Å². The number of hydrogen-bond donors (Lipinski definition) is 2. The van der Waals surface area contributed by atoms with Gasteiger partial charge in [0.1, 0.15) is 12.4 Å². The van der Waals surface area contributed by atoms with Gasteiger partial charge in [-0.3, -0.25) is 4.99 Å². The van der Waals surface area contributed by atoms with Gasteiger partial charge in [0.05, 0.1) is 6.61 Å². The van der Waals surface area contributed by atoms with Crippen LogP contribution in [0.15, 0.2) is 29.3 Å². The van der Waals surface area contributed by atoms with Crippen molar-refractivity contribution in [2.24, 2.45) is 4.99 Å². The highest BCUT2D eigenvalue weighted by atomic mass is 127. The zero-order chi connectivity index (χ0) is 15.7. The van der Waals surface area contributed by atoms with Crippen LogP contribution in [0.5, 0.6) is 5.75 Å². The predicted octanol–water partition coefficient (Wildman–Crippen LogP) is 2.79. The number of benzene rings is 1. The van der Waals surface area contributed by atoms with Crippen LogP contribution in [-0.2, 0) is 11.3 Å². The summed E-state index contributed by atoms with van der Waals surface area (Å²) in [5.74, 6) is 1.65. The molecular weight excluding hydrogens is 393 g/mol. The number of nitrogens with zero attached hydrogens (tertiary/aromatic N) is 1. The average Bonchev–Trinajstić information content (AvgIpc) is 2.44. The average molecular weight is 421 g/mol. The van der Waals surface area contributed by atoms with Gasteiger partial charge in [0, 0.05) is 26.2 Å². The molecule has 0 aromatic heterocycles. The molecule has 0 heterocycles. The molecule has 1 aromatic rings. The van der Waals surface area contributed by atoms with E-state index in [9.17, 15) is 0 Å². The lowest BCUT2D eigenvalue weighted by Gasteiger charge is -2.23. The van der Waals surface area contributed by atoms with Gasteiger partial charge in [0.25, 0.3) is 0 Å². The molecule has 0 amide bonds. The maximum atomic E-state index is 5.53. The molecule has 0 bridgehead atoms. The van der Waals surface area contributed by atoms with Crippen molar-refractivity contribution in [2.75, 3.05) is 27.4 Å². The second-order valence-corrected chi connectivity index (χ2v) is 5.79. The quantitative estimate of drug-likeness (QED) is 0.321. The molecule has 1 rings (SSSR count). The van der Waals surface area contributed by atoms with E-state index in [0.29, 0.717) is 19.8 Å². The first-order valence-electron chi connectivity index (χ1n) is 7.14. The fourth-order valence-electron chi connectivity index (χ4n) is 1.67. The Hall–Kier alpha value is -1.02. The zero-order valence-corrected chi connectivity index (χ0v) is 16.4. The van der Waals surface area contributed by atoms with Gasteiger partial charge in [0.2, 0.25) is 0 Å². The Labute approximate surface area is 150 Å². The molecule has 22 heavy (non-hydrogen) atoms. The van der Waals surface area contributed by atoms with Gasteiger partial charge < -0.3 is 20.1 Å². The molecule has 0 aliphatic rings. The van der Waals surface area contributed by atoms with Crippen molar-refractivity contribution in [1.82, 2.24) is 10.6 Å². The number of aliphatic imine (C=N–C) groups is 1. The monoisotopic (exact) mass is 421 g/mol. The Balaban J connectivity index is 0.00000441. The predicted molar refractivity (Wildman–Crippen MR) is 102 cm³/mol. The summed E-state index contributed by atoms with van der Waals surface area (Å²) < 4.78 is 10.5. The van der Waals surface area contributed by atoms with Crippen molar-refractivity contribution < 1.29 is 9.47 Å². The van der Waals surface area contributed by atoms with E-state index in [1.807, 2.05) is 24.3 Å². The SMILES string of the molecule is CN=C(NCc1ccc(OCCOC)cc1)NC(C)(C)C.I. The Kier molecular flexibility index (Phi) is 10.2. The highest BCUT2D eigenvalue weighted by molar-refractivity contribution is 14.0. The lowest BCUT2D eigenvalue weighted by molar-refractivity contribution is 0.146. The smallest absolute Gasteiger partial charge is 0.191 e. The third-order valence-electron chi connectivity index (χ3n) is 2.66. The minimum Gasteiger partial charge on any atom is -0.491 e. The molecule has 0 unspecified atom stereocenters. The van der Waals surface area contributed by atoms with Crippen LogP contribution >= 0.6 is 24.0 Å². The molecule has 2 N–H and O–H groups in total. The Morgan fingerprint density at radius 2 is 1.77 bits per heavy atom. The summed E-state index contributed by atoms with van der Waals surface area (Å²) >= 11 is 0. The van der Waals surface area contributed by atoms with Gasteiger partial charge in [-0.05, 0) is 38.5 Å². The highest BCUT2D eigenvalue weighted by Gasteiger charge is 2.11. The second kappa shape index (κ2) is 10.7. The molecule has 0 aliphatic carbocycles. The number of rotatable bonds is 6. The van der Waals surface area contributed by atoms with Crippen LogP contribution in [-0.4, -0.2) is 38.9 Å². The van der Waals surface area contributed by atoms with Crippen LogP contribution in [0, 0.1) is 0 Å². The van der Waals surface area contributed by atoms with Gasteiger partial charge in [-0.25, -0.2) is 0 Å². The normalized spacial score (nSPS) is 11.6. The summed E-state index contributed by atoms with van der Waals surface area (Å²) in [6, 6.07) is 8.01. The van der Waals surface area contributed by atoms with Crippen LogP contribution in [0.3, 0.4) is 0 Å². The van der Waals surface area contributed by atoms with E-state index < -0.39 is 0 Å². The van der Waals surface area contributed by atoms with Crippen molar-refractivity contribution in [3.8, 4) is 5.75 Å². The summed E-state index contributed by atoms with van der Waals surface area (Å²) in [5, 5.41) is 6.61. The van der Waals surface area contributed by atoms with Crippen LogP contribution in [0.4, 0.5) is 0 Å². The van der Waals surface area contributed by atoms with Gasteiger partial charge in [-0.2, -0.15) is 0 Å². The number of methoxy groups -OCH3 is 1. The summed E-state index contributed by atoms with van der Waals surface area (Å²) in [5.41, 5.74) is 1.16. The van der Waals surface area contributed by atoms with Gasteiger partial charge >= 0.3 is 0 Å². The number of halogens is 1. The van der Waals surface area contributed by atoms with Crippen LogP contribution in [0.1, 0.15) is 26.3 Å². The fraction of sp³-hybridized carbons (Fsp3) is 0.562. The molecule has 0 radical (unpaired) electrons. The summed E-state index contributed by atoms with van der Waals surface area (Å²) in [6.45, 7) is 8.19. The summed E-state index contributed by atoms with van der Waals surface area (Å²) in [7, 11) is 3.43. The van der Waals surface area contributed by atoms with Gasteiger partial charge in [-0.15, -0.1) is 24.0 Å². The number of ether oxygens (including phenoxy) is 2. The lowest BCUT2D eigenvalue weighted by atomic mass is 10.1. The molecule has 0 atom stereocenters. The Morgan fingerprint density at radius 3 is 2.27 bits per heavy atom. The first-order chi connectivity index (χ1) is 9.94. The van der Waals surface area contributed by atoms with Gasteiger partial charge in [-0.1, -0.05) is 12.1 Å². The van der Waals surface area contributed by atoms with Crippen molar-refractivity contribution >= 4 is 29.9 Å². The van der Waals surface area contributed by atoms with E-state index in [4.69, 9.17) is 9.47 Å². The van der Waals surface area contributed by atoms with Crippen molar-refractivity contribution in [2.45, 2.75) is 32.9 Å². The van der Waals surface area contributed by atoms with E-state index in [0.717, 1.165) is 11.7 Å². The minimum absolute atomic E-state index is 0. The lowest BCUT2D eigenvalue weighted by Crippen LogP contribution is -2.47. The molecule has 0 saturated carbocycles. The summed E-state index contributed by atoms with van der Waals surface area (Å²) in [4.78, 5) is 4.21. The number of guanidine groups is 1. The zero-order valence-electron chi connectivity index (χ0n) is 14.1. The van der Waals surface area contributed by atoms with Crippen LogP contribution < -0.4 is 15.4 Å². The minimum atomic E-state index is -0.0130. The molecule has 0 spiro atoms. The standard InChI is InChI=1S/C16H27N3O2.HI/c1-16(2,3)19-15(17-4)18-12-13-6-8-14(9-7-13)21-11-10-20-5;/h6-9H,10-12H2,1-5H3,(H2,17,18,19);1H. The maximum Gasteiger partial charge on any atom is 0.191 e. The second-order valence-electron chi connectivity index (χ2n) is 5.79. The molecule has 0 saturated heterocycles. The third kappa shape index (κ3) is 9.09. The first kappa shape index (κ1) is 21.0. The van der Waals surface area contributed by atoms with Crippen LogP contribution in [0.2, 0.25) is 0 Å². The number of hydrogen-bond acceptors (Lipinski definition) is 3. The van der Waals surface area contributed by atoms with E-state index in [1.54, 1.807) is 14.2 Å². The molecule has 0 aliphatic heterocycles. The van der Waals surface area contributed by atoms with Gasteiger partial charge in [0.15, 0.2) is 5.96 Å². The largest absolute Gasteiger partial charge is 0.491 e. The molecular formula is C16H28IN3O2. The van der Waals surface area contributed by atoms with E-state index >= 15 is 0 Å². The van der Waals surface area contributed by atoms with E-state index in [2.05, 4.69) is 36.4 Å². The molecule has 126 valence electrons. The summed E-state index contributed by atoms with van der Waals surface area (Å²) in [6.07, 6.45) is 0. The van der Waals surface area contributed by atoms with Crippen molar-refractivity contribution in [3.63, 3.8) is 0 Å². The molecule has 1 aromatic carbocycles. The fourth-order valence-corrected chi connectivity index (χ4v) is 1.67. The number of nitrogens with one attached hydrogen (secondary N) is 2.